The highest BCUT2D eigenvalue weighted by molar-refractivity contribution is 5.59. The van der Waals surface area contributed by atoms with Gasteiger partial charge >= 0.3 is 6.18 Å². The third-order valence-corrected chi connectivity index (χ3v) is 4.76. The Morgan fingerprint density at radius 3 is 2.45 bits per heavy atom. The molecular weight excluding hydrogens is 383 g/mol. The summed E-state index contributed by atoms with van der Waals surface area (Å²) in [7, 11) is 1.78. The molecular formula is C19H18F3N7. The Morgan fingerprint density at radius 1 is 1.03 bits per heavy atom. The number of alkyl halides is 3. The topological polar surface area (TPSA) is 64.1 Å². The van der Waals surface area contributed by atoms with Gasteiger partial charge in [-0.2, -0.15) is 22.8 Å². The van der Waals surface area contributed by atoms with Crippen molar-refractivity contribution in [1.82, 2.24) is 29.6 Å². The number of aromatic nitrogens is 6. The second-order valence-electron chi connectivity index (χ2n) is 6.82. The van der Waals surface area contributed by atoms with Crippen LogP contribution in [-0.2, 0) is 12.7 Å². The summed E-state index contributed by atoms with van der Waals surface area (Å²) < 4.78 is 42.2. The molecule has 0 unspecified atom stereocenters. The molecule has 4 rings (SSSR count). The Morgan fingerprint density at radius 2 is 1.76 bits per heavy atom. The molecule has 0 amide bonds. The SMILES string of the molecule is Cc1c(N(C)Cc2cnn(-c3ccccc3)c2)nn2c(C(F)(F)F)nnc2c1C. The first-order chi connectivity index (χ1) is 13.8. The van der Waals surface area contributed by atoms with Gasteiger partial charge in [0.1, 0.15) is 0 Å². The summed E-state index contributed by atoms with van der Waals surface area (Å²) in [5.41, 5.74) is 3.27. The predicted octanol–water partition coefficient (Wildman–Crippen LogP) is 3.58. The highest BCUT2D eigenvalue weighted by atomic mass is 19.4. The lowest BCUT2D eigenvalue weighted by Crippen LogP contribution is -2.22. The minimum Gasteiger partial charge on any atom is -0.354 e. The van der Waals surface area contributed by atoms with E-state index in [1.165, 1.54) is 0 Å². The molecule has 4 aromatic rings. The van der Waals surface area contributed by atoms with Crippen LogP contribution < -0.4 is 4.90 Å². The lowest BCUT2D eigenvalue weighted by molar-refractivity contribution is -0.146. The average Bonchev–Trinajstić information content (AvgIpc) is 3.32. The third kappa shape index (κ3) is 3.41. The fourth-order valence-corrected chi connectivity index (χ4v) is 3.17. The van der Waals surface area contributed by atoms with Crippen molar-refractivity contribution in [2.75, 3.05) is 11.9 Å². The molecule has 0 saturated heterocycles. The number of hydrogen-bond acceptors (Lipinski definition) is 5. The minimum atomic E-state index is -4.64. The number of rotatable bonds is 4. The smallest absolute Gasteiger partial charge is 0.354 e. The fourth-order valence-electron chi connectivity index (χ4n) is 3.17. The maximum absolute atomic E-state index is 13.2. The number of aryl methyl sites for hydroxylation is 1. The molecule has 0 N–H and O–H groups in total. The van der Waals surface area contributed by atoms with Gasteiger partial charge in [0.2, 0.25) is 0 Å². The molecule has 0 fully saturated rings. The van der Waals surface area contributed by atoms with E-state index in [1.807, 2.05) is 43.5 Å². The summed E-state index contributed by atoms with van der Waals surface area (Å²) in [4.78, 5) is 1.79. The zero-order valence-corrected chi connectivity index (χ0v) is 16.0. The van der Waals surface area contributed by atoms with Crippen molar-refractivity contribution in [3.05, 3.63) is 65.2 Å². The zero-order chi connectivity index (χ0) is 20.8. The molecule has 0 spiro atoms. The number of anilines is 1. The van der Waals surface area contributed by atoms with E-state index in [9.17, 15) is 13.2 Å². The summed E-state index contributed by atoms with van der Waals surface area (Å²) in [6.45, 7) is 3.95. The quantitative estimate of drug-likeness (QED) is 0.523. The van der Waals surface area contributed by atoms with Gasteiger partial charge in [-0.15, -0.1) is 15.3 Å². The Labute approximate surface area is 164 Å². The normalized spacial score (nSPS) is 11.9. The Bertz CT molecular complexity index is 1160. The lowest BCUT2D eigenvalue weighted by atomic mass is 10.1. The largest absolute Gasteiger partial charge is 0.453 e. The van der Waals surface area contributed by atoms with Crippen LogP contribution in [0.2, 0.25) is 0 Å². The van der Waals surface area contributed by atoms with E-state index < -0.39 is 12.0 Å². The molecule has 150 valence electrons. The van der Waals surface area contributed by atoms with Gasteiger partial charge in [0.25, 0.3) is 5.82 Å². The molecule has 1 aromatic carbocycles. The second kappa shape index (κ2) is 6.87. The Hall–Kier alpha value is -3.43. The lowest BCUT2D eigenvalue weighted by Gasteiger charge is -2.21. The predicted molar refractivity (Wildman–Crippen MR) is 101 cm³/mol. The van der Waals surface area contributed by atoms with E-state index in [4.69, 9.17) is 0 Å². The number of halogens is 3. The Balaban J connectivity index is 1.68. The van der Waals surface area contributed by atoms with Crippen LogP contribution in [-0.4, -0.2) is 36.6 Å². The van der Waals surface area contributed by atoms with Crippen LogP contribution in [0.15, 0.2) is 42.7 Å². The van der Waals surface area contributed by atoms with Gasteiger partial charge < -0.3 is 4.90 Å². The second-order valence-corrected chi connectivity index (χ2v) is 6.82. The highest BCUT2D eigenvalue weighted by Gasteiger charge is 2.38. The standard InChI is InChI=1S/C19H18F3N7/c1-12-13(2)17(26-29-16(12)24-25-18(29)19(20,21)22)27(3)10-14-9-23-28(11-14)15-7-5-4-6-8-15/h4-9,11H,10H2,1-3H3. The molecule has 0 saturated carbocycles. The fraction of sp³-hybridized carbons (Fsp3) is 0.263. The van der Waals surface area contributed by atoms with Crippen molar-refractivity contribution in [3.63, 3.8) is 0 Å². The van der Waals surface area contributed by atoms with E-state index in [2.05, 4.69) is 20.4 Å². The molecule has 0 aliphatic rings. The van der Waals surface area contributed by atoms with E-state index in [-0.39, 0.29) is 5.65 Å². The van der Waals surface area contributed by atoms with Crippen LogP contribution >= 0.6 is 0 Å². The molecule has 0 atom stereocenters. The Kier molecular flexibility index (Phi) is 4.48. The molecule has 7 nitrogen and oxygen atoms in total. The number of hydrogen-bond donors (Lipinski definition) is 0. The molecule has 0 radical (unpaired) electrons. The first-order valence-corrected chi connectivity index (χ1v) is 8.85. The van der Waals surface area contributed by atoms with Crippen molar-refractivity contribution in [2.45, 2.75) is 26.6 Å². The van der Waals surface area contributed by atoms with Crippen LogP contribution in [0.4, 0.5) is 19.0 Å². The molecule has 3 aromatic heterocycles. The van der Waals surface area contributed by atoms with Gasteiger partial charge in [-0.3, -0.25) is 0 Å². The van der Waals surface area contributed by atoms with E-state index in [1.54, 1.807) is 29.7 Å². The average molecular weight is 401 g/mol. The van der Waals surface area contributed by atoms with Crippen molar-refractivity contribution < 1.29 is 13.2 Å². The summed E-state index contributed by atoms with van der Waals surface area (Å²) in [5.74, 6) is -0.713. The van der Waals surface area contributed by atoms with Gasteiger partial charge in [-0.25, -0.2) is 4.68 Å². The number of para-hydroxylation sites is 1. The molecule has 29 heavy (non-hydrogen) atoms. The maximum Gasteiger partial charge on any atom is 0.453 e. The zero-order valence-electron chi connectivity index (χ0n) is 16.0. The summed E-state index contributed by atoms with van der Waals surface area (Å²) in [6.07, 6.45) is -1.03. The van der Waals surface area contributed by atoms with Crippen LogP contribution in [0.25, 0.3) is 11.3 Å². The molecule has 3 heterocycles. The molecule has 0 bridgehead atoms. The van der Waals surface area contributed by atoms with Crippen molar-refractivity contribution in [2.24, 2.45) is 0 Å². The number of fused-ring (bicyclic) bond motifs is 1. The maximum atomic E-state index is 13.2. The van der Waals surface area contributed by atoms with Crippen LogP contribution in [0.1, 0.15) is 22.5 Å². The molecule has 0 aliphatic carbocycles. The molecule has 10 heteroatoms. The van der Waals surface area contributed by atoms with Gasteiger partial charge in [-0.1, -0.05) is 18.2 Å². The van der Waals surface area contributed by atoms with Gasteiger partial charge in [0.15, 0.2) is 11.5 Å². The van der Waals surface area contributed by atoms with E-state index in [0.29, 0.717) is 17.9 Å². The first kappa shape index (κ1) is 18.9. The monoisotopic (exact) mass is 401 g/mol. The third-order valence-electron chi connectivity index (χ3n) is 4.76. The van der Waals surface area contributed by atoms with Gasteiger partial charge in [-0.05, 0) is 26.0 Å². The van der Waals surface area contributed by atoms with Crippen LogP contribution in [0, 0.1) is 13.8 Å². The van der Waals surface area contributed by atoms with Gasteiger partial charge in [0, 0.05) is 36.5 Å². The van der Waals surface area contributed by atoms with Crippen molar-refractivity contribution in [3.8, 4) is 5.69 Å². The summed E-state index contributed by atoms with van der Waals surface area (Å²) in [6, 6.07) is 9.65. The van der Waals surface area contributed by atoms with Crippen LogP contribution in [0.5, 0.6) is 0 Å². The van der Waals surface area contributed by atoms with Crippen LogP contribution in [0.3, 0.4) is 0 Å². The summed E-state index contributed by atoms with van der Waals surface area (Å²) >= 11 is 0. The molecule has 0 aliphatic heterocycles. The van der Waals surface area contributed by atoms with Crippen molar-refractivity contribution >= 4 is 11.5 Å². The van der Waals surface area contributed by atoms with E-state index in [0.717, 1.165) is 21.3 Å². The summed E-state index contributed by atoms with van der Waals surface area (Å²) in [5, 5.41) is 15.5. The van der Waals surface area contributed by atoms with E-state index >= 15 is 0 Å². The number of nitrogens with zero attached hydrogens (tertiary/aromatic N) is 7. The highest BCUT2D eigenvalue weighted by Crippen LogP contribution is 2.30. The minimum absolute atomic E-state index is 0.101. The number of benzene rings is 1. The van der Waals surface area contributed by atoms with Crippen molar-refractivity contribution in [1.29, 1.82) is 0 Å². The van der Waals surface area contributed by atoms with Gasteiger partial charge in [0.05, 0.1) is 11.9 Å². The first-order valence-electron chi connectivity index (χ1n) is 8.85.